The fraction of sp³-hybridized carbons (Fsp3) is 0.400. The molecule has 0 aliphatic carbocycles. The molecule has 0 aromatic rings. The van der Waals surface area contributed by atoms with Gasteiger partial charge in [0.05, 0.1) is 13.7 Å². The summed E-state index contributed by atoms with van der Waals surface area (Å²) in [6.45, 7) is 7.26. The highest BCUT2D eigenvalue weighted by Crippen LogP contribution is 1.87. The Morgan fingerprint density at radius 2 is 2.43 bits per heavy atom. The number of aliphatic imine (C=N–C) groups is 1. The molecule has 0 aromatic heterocycles. The predicted octanol–water partition coefficient (Wildman–Crippen LogP) is 0.847. The van der Waals surface area contributed by atoms with Gasteiger partial charge in [-0.2, -0.15) is 0 Å². The minimum atomic E-state index is 0.497. The van der Waals surface area contributed by atoms with Gasteiger partial charge in [-0.25, -0.2) is 0 Å². The number of hydrogen-bond acceptors (Lipinski definition) is 2. The van der Waals surface area contributed by atoms with E-state index in [2.05, 4.69) is 23.0 Å². The maximum Gasteiger partial charge on any atom is 0.110 e. The molecule has 0 atom stereocenters. The number of ether oxygens (including phenoxy) is 1. The molecule has 40 valence electrons. The van der Waals surface area contributed by atoms with Crippen LogP contribution in [0.5, 0.6) is 0 Å². The number of hydrogen-bond donors (Lipinski definition) is 0. The maximum atomic E-state index is 4.66. The van der Waals surface area contributed by atoms with Gasteiger partial charge in [0.15, 0.2) is 0 Å². The summed E-state index contributed by atoms with van der Waals surface area (Å²) in [5.74, 6) is 0.648. The van der Waals surface area contributed by atoms with Crippen LogP contribution in [0.25, 0.3) is 0 Å². The van der Waals surface area contributed by atoms with Crippen LogP contribution in [0, 0.1) is 0 Å². The van der Waals surface area contributed by atoms with E-state index in [0.717, 1.165) is 0 Å². The summed E-state index contributed by atoms with van der Waals surface area (Å²) in [5, 5.41) is 0. The maximum absolute atomic E-state index is 4.66. The molecule has 0 radical (unpaired) electrons. The third kappa shape index (κ3) is 3.03. The molecule has 7 heavy (non-hydrogen) atoms. The first-order valence-electron chi connectivity index (χ1n) is 1.95. The van der Waals surface area contributed by atoms with Gasteiger partial charge in [0.25, 0.3) is 0 Å². The van der Waals surface area contributed by atoms with E-state index in [9.17, 15) is 0 Å². The van der Waals surface area contributed by atoms with Gasteiger partial charge in [-0.1, -0.05) is 6.58 Å². The molecule has 0 saturated carbocycles. The van der Waals surface area contributed by atoms with Crippen molar-refractivity contribution in [3.8, 4) is 0 Å². The largest absolute Gasteiger partial charge is 0.500 e. The molecule has 0 amide bonds. The molecule has 2 nitrogen and oxygen atoms in total. The molecule has 0 saturated heterocycles. The molecule has 0 aliphatic rings. The number of nitrogens with zero attached hydrogens (tertiary/aromatic N) is 1. The topological polar surface area (TPSA) is 21.6 Å². The van der Waals surface area contributed by atoms with Crippen molar-refractivity contribution in [3.63, 3.8) is 0 Å². The zero-order chi connectivity index (χ0) is 5.70. The lowest BCUT2D eigenvalue weighted by Gasteiger charge is -1.95. The second-order valence-corrected chi connectivity index (χ2v) is 1.12. The Kier molecular flexibility index (Phi) is 3.02. The second-order valence-electron chi connectivity index (χ2n) is 1.12. The molecular formula is C5H9NO. The Hall–Kier alpha value is -0.790. The zero-order valence-electron chi connectivity index (χ0n) is 4.48. The van der Waals surface area contributed by atoms with Crippen molar-refractivity contribution < 1.29 is 4.74 Å². The Labute approximate surface area is 43.5 Å². The molecule has 0 aliphatic heterocycles. The highest BCUT2D eigenvalue weighted by Gasteiger charge is 1.81. The first-order chi connectivity index (χ1) is 3.31. The third-order valence-corrected chi connectivity index (χ3v) is 0.577. The van der Waals surface area contributed by atoms with Gasteiger partial charge < -0.3 is 4.74 Å². The van der Waals surface area contributed by atoms with Crippen LogP contribution in [0.3, 0.4) is 0 Å². The molecular weight excluding hydrogens is 90.1 g/mol. The van der Waals surface area contributed by atoms with Gasteiger partial charge in [-0.05, 0) is 6.72 Å². The number of methoxy groups -OCH3 is 1. The summed E-state index contributed by atoms with van der Waals surface area (Å²) >= 11 is 0. The van der Waals surface area contributed by atoms with Crippen molar-refractivity contribution in [1.29, 1.82) is 0 Å². The summed E-state index contributed by atoms with van der Waals surface area (Å²) in [6.07, 6.45) is 0. The minimum absolute atomic E-state index is 0.497. The van der Waals surface area contributed by atoms with Gasteiger partial charge in [0, 0.05) is 0 Å². The van der Waals surface area contributed by atoms with E-state index in [1.54, 1.807) is 7.11 Å². The summed E-state index contributed by atoms with van der Waals surface area (Å²) in [4.78, 5) is 3.53. The average molecular weight is 99.1 g/mol. The van der Waals surface area contributed by atoms with E-state index in [1.165, 1.54) is 0 Å². The normalized spacial score (nSPS) is 7.57. The first-order valence-corrected chi connectivity index (χ1v) is 1.95. The second kappa shape index (κ2) is 3.40. The zero-order valence-corrected chi connectivity index (χ0v) is 4.48. The van der Waals surface area contributed by atoms with Crippen LogP contribution in [-0.2, 0) is 4.74 Å². The lowest BCUT2D eigenvalue weighted by molar-refractivity contribution is 0.289. The Morgan fingerprint density at radius 1 is 1.86 bits per heavy atom. The van der Waals surface area contributed by atoms with Crippen LogP contribution in [0.4, 0.5) is 0 Å². The van der Waals surface area contributed by atoms with Gasteiger partial charge in [0.2, 0.25) is 0 Å². The highest BCUT2D eigenvalue weighted by atomic mass is 16.5. The van der Waals surface area contributed by atoms with Crippen LogP contribution in [0.2, 0.25) is 0 Å². The monoisotopic (exact) mass is 99.1 g/mol. The summed E-state index contributed by atoms with van der Waals surface area (Å²) in [7, 11) is 1.56. The standard InChI is InChI=1S/C5H9NO/c1-5(7-3)4-6-2/h1-2,4H2,3H3. The van der Waals surface area contributed by atoms with E-state index >= 15 is 0 Å². The third-order valence-electron chi connectivity index (χ3n) is 0.577. The van der Waals surface area contributed by atoms with Gasteiger partial charge >= 0.3 is 0 Å². The summed E-state index contributed by atoms with van der Waals surface area (Å²) in [6, 6.07) is 0. The van der Waals surface area contributed by atoms with Crippen LogP contribution in [-0.4, -0.2) is 20.4 Å². The van der Waals surface area contributed by atoms with Crippen LogP contribution >= 0.6 is 0 Å². The van der Waals surface area contributed by atoms with Crippen molar-refractivity contribution in [3.05, 3.63) is 12.3 Å². The van der Waals surface area contributed by atoms with E-state index in [0.29, 0.717) is 12.3 Å². The summed E-state index contributed by atoms with van der Waals surface area (Å²) < 4.78 is 4.66. The quantitative estimate of drug-likeness (QED) is 0.379. The van der Waals surface area contributed by atoms with Gasteiger partial charge in [0.1, 0.15) is 5.76 Å². The molecule has 0 N–H and O–H groups in total. The van der Waals surface area contributed by atoms with Crippen molar-refractivity contribution in [2.45, 2.75) is 0 Å². The van der Waals surface area contributed by atoms with E-state index in [1.807, 2.05) is 0 Å². The molecule has 0 bridgehead atoms. The molecule has 0 aromatic carbocycles. The molecule has 0 fully saturated rings. The highest BCUT2D eigenvalue weighted by molar-refractivity contribution is 5.24. The van der Waals surface area contributed by atoms with E-state index in [4.69, 9.17) is 0 Å². The molecule has 0 spiro atoms. The SMILES string of the molecule is C=NCC(=C)OC. The van der Waals surface area contributed by atoms with Gasteiger partial charge in [-0.15, -0.1) is 0 Å². The predicted molar refractivity (Wildman–Crippen MR) is 30.6 cm³/mol. The van der Waals surface area contributed by atoms with Crippen LogP contribution in [0.15, 0.2) is 17.3 Å². The van der Waals surface area contributed by atoms with Gasteiger partial charge in [-0.3, -0.25) is 4.99 Å². The Balaban J connectivity index is 3.17. The fourth-order valence-corrected chi connectivity index (χ4v) is 0.189. The molecule has 0 heterocycles. The van der Waals surface area contributed by atoms with E-state index < -0.39 is 0 Å². The lowest BCUT2D eigenvalue weighted by atomic mass is 10.6. The molecule has 2 heteroatoms. The van der Waals surface area contributed by atoms with Crippen molar-refractivity contribution in [2.75, 3.05) is 13.7 Å². The van der Waals surface area contributed by atoms with Crippen LogP contribution in [0.1, 0.15) is 0 Å². The van der Waals surface area contributed by atoms with Crippen molar-refractivity contribution in [2.24, 2.45) is 4.99 Å². The number of rotatable bonds is 3. The van der Waals surface area contributed by atoms with Crippen molar-refractivity contribution in [1.82, 2.24) is 0 Å². The summed E-state index contributed by atoms with van der Waals surface area (Å²) in [5.41, 5.74) is 0. The average Bonchev–Trinajstić information content (AvgIpc) is 1.68. The smallest absolute Gasteiger partial charge is 0.110 e. The fourth-order valence-electron chi connectivity index (χ4n) is 0.189. The molecule has 0 unspecified atom stereocenters. The first kappa shape index (κ1) is 6.21. The minimum Gasteiger partial charge on any atom is -0.500 e. The Bertz CT molecular complexity index is 78.1. The Morgan fingerprint density at radius 3 is 2.57 bits per heavy atom. The lowest BCUT2D eigenvalue weighted by Crippen LogP contribution is -1.86. The molecule has 0 rings (SSSR count). The van der Waals surface area contributed by atoms with Crippen LogP contribution < -0.4 is 0 Å². The van der Waals surface area contributed by atoms with Crippen molar-refractivity contribution >= 4 is 6.72 Å². The van der Waals surface area contributed by atoms with E-state index in [-0.39, 0.29) is 0 Å².